The van der Waals surface area contributed by atoms with Crippen molar-refractivity contribution in [3.05, 3.63) is 35.4 Å². The van der Waals surface area contributed by atoms with Gasteiger partial charge in [-0.2, -0.15) is 0 Å². The van der Waals surface area contributed by atoms with Gasteiger partial charge in [-0.25, -0.2) is 4.79 Å². The summed E-state index contributed by atoms with van der Waals surface area (Å²) in [6.45, 7) is 7.68. The van der Waals surface area contributed by atoms with Crippen LogP contribution >= 0.6 is 0 Å². The number of urea groups is 1. The molecule has 5 heteroatoms. The Kier molecular flexibility index (Phi) is 6.86. The first-order valence-corrected chi connectivity index (χ1v) is 8.54. The van der Waals surface area contributed by atoms with Crippen LogP contribution in [-0.2, 0) is 13.0 Å². The normalized spacial score (nSPS) is 16.0. The largest absolute Gasteiger partial charge is 0.396 e. The third kappa shape index (κ3) is 5.52. The number of hydrogen-bond donors (Lipinski definition) is 3. The minimum Gasteiger partial charge on any atom is -0.396 e. The molecule has 0 fully saturated rings. The molecule has 3 N–H and O–H groups in total. The van der Waals surface area contributed by atoms with Gasteiger partial charge in [-0.05, 0) is 29.9 Å². The zero-order valence-electron chi connectivity index (χ0n) is 14.2. The zero-order valence-corrected chi connectivity index (χ0v) is 14.2. The van der Waals surface area contributed by atoms with E-state index < -0.39 is 0 Å². The van der Waals surface area contributed by atoms with Gasteiger partial charge in [0.25, 0.3) is 0 Å². The maximum atomic E-state index is 12.0. The third-order valence-corrected chi connectivity index (χ3v) is 4.48. The van der Waals surface area contributed by atoms with Crippen LogP contribution in [0.25, 0.3) is 0 Å². The van der Waals surface area contributed by atoms with Gasteiger partial charge in [0.2, 0.25) is 0 Å². The summed E-state index contributed by atoms with van der Waals surface area (Å²) >= 11 is 0. The van der Waals surface area contributed by atoms with Gasteiger partial charge in [0.05, 0.1) is 0 Å². The van der Waals surface area contributed by atoms with Crippen molar-refractivity contribution in [2.45, 2.75) is 39.3 Å². The number of amides is 2. The number of aliphatic hydroxyl groups excluding tert-OH is 1. The Morgan fingerprint density at radius 1 is 1.30 bits per heavy atom. The number of carbonyl (C=O) groups excluding carboxylic acids is 1. The Morgan fingerprint density at radius 2 is 2.04 bits per heavy atom. The molecule has 128 valence electrons. The summed E-state index contributed by atoms with van der Waals surface area (Å²) in [5.74, 6) is 0.312. The van der Waals surface area contributed by atoms with Crippen molar-refractivity contribution in [3.8, 4) is 0 Å². The van der Waals surface area contributed by atoms with Crippen LogP contribution in [0, 0.1) is 5.92 Å². The second-order valence-corrected chi connectivity index (χ2v) is 6.56. The highest BCUT2D eigenvalue weighted by Gasteiger charge is 2.17. The number of fused-ring (bicyclic) bond motifs is 1. The SMILES string of the molecule is CC(C)C(CCO)NC(=O)NCCN1CCc2ccccc2C1. The van der Waals surface area contributed by atoms with Gasteiger partial charge in [0.1, 0.15) is 0 Å². The minimum absolute atomic E-state index is 0.0156. The van der Waals surface area contributed by atoms with E-state index >= 15 is 0 Å². The van der Waals surface area contributed by atoms with Crippen LogP contribution in [0.2, 0.25) is 0 Å². The summed E-state index contributed by atoms with van der Waals surface area (Å²) < 4.78 is 0. The molecule has 0 saturated heterocycles. The van der Waals surface area contributed by atoms with Crippen molar-refractivity contribution in [1.82, 2.24) is 15.5 Å². The Labute approximate surface area is 139 Å². The number of benzene rings is 1. The quantitative estimate of drug-likeness (QED) is 0.717. The topological polar surface area (TPSA) is 64.6 Å². The van der Waals surface area contributed by atoms with Gasteiger partial charge >= 0.3 is 6.03 Å². The highest BCUT2D eigenvalue weighted by molar-refractivity contribution is 5.74. The molecule has 23 heavy (non-hydrogen) atoms. The first kappa shape index (κ1) is 17.8. The molecular weight excluding hydrogens is 290 g/mol. The summed E-state index contributed by atoms with van der Waals surface area (Å²) in [7, 11) is 0. The van der Waals surface area contributed by atoms with Gasteiger partial charge in [0.15, 0.2) is 0 Å². The van der Waals surface area contributed by atoms with Crippen molar-refractivity contribution in [3.63, 3.8) is 0 Å². The van der Waals surface area contributed by atoms with Crippen molar-refractivity contribution in [2.24, 2.45) is 5.92 Å². The summed E-state index contributed by atoms with van der Waals surface area (Å²) in [5.41, 5.74) is 2.84. The van der Waals surface area contributed by atoms with Crippen LogP contribution in [0.1, 0.15) is 31.4 Å². The van der Waals surface area contributed by atoms with E-state index in [1.807, 2.05) is 13.8 Å². The highest BCUT2D eigenvalue weighted by atomic mass is 16.3. The summed E-state index contributed by atoms with van der Waals surface area (Å²) in [6.07, 6.45) is 1.67. The van der Waals surface area contributed by atoms with E-state index in [-0.39, 0.29) is 18.7 Å². The van der Waals surface area contributed by atoms with Crippen LogP contribution in [0.3, 0.4) is 0 Å². The predicted molar refractivity (Wildman–Crippen MR) is 92.3 cm³/mol. The fourth-order valence-electron chi connectivity index (χ4n) is 3.00. The van der Waals surface area contributed by atoms with Crippen molar-refractivity contribution < 1.29 is 9.90 Å². The molecule has 5 nitrogen and oxygen atoms in total. The molecule has 0 spiro atoms. The molecule has 0 saturated carbocycles. The Balaban J connectivity index is 1.70. The van der Waals surface area contributed by atoms with Crippen molar-refractivity contribution in [2.75, 3.05) is 26.2 Å². The van der Waals surface area contributed by atoms with E-state index in [2.05, 4.69) is 39.8 Å². The van der Waals surface area contributed by atoms with Crippen LogP contribution < -0.4 is 10.6 Å². The second-order valence-electron chi connectivity index (χ2n) is 6.56. The van der Waals surface area contributed by atoms with Crippen molar-refractivity contribution >= 4 is 6.03 Å². The molecule has 1 heterocycles. The molecule has 2 rings (SSSR count). The molecule has 1 aromatic rings. The van der Waals surface area contributed by atoms with Gasteiger partial charge in [0, 0.05) is 38.8 Å². The lowest BCUT2D eigenvalue weighted by Gasteiger charge is -2.29. The van der Waals surface area contributed by atoms with Gasteiger partial charge in [-0.1, -0.05) is 38.1 Å². The highest BCUT2D eigenvalue weighted by Crippen LogP contribution is 2.17. The average Bonchev–Trinajstić information content (AvgIpc) is 2.54. The second kappa shape index (κ2) is 8.89. The van der Waals surface area contributed by atoms with E-state index in [1.54, 1.807) is 0 Å². The number of hydrogen-bond acceptors (Lipinski definition) is 3. The summed E-state index contributed by atoms with van der Waals surface area (Å²) in [6, 6.07) is 8.44. The fourth-order valence-corrected chi connectivity index (χ4v) is 3.00. The van der Waals surface area contributed by atoms with Crippen LogP contribution in [0.4, 0.5) is 4.79 Å². The molecule has 0 bridgehead atoms. The lowest BCUT2D eigenvalue weighted by molar-refractivity contribution is 0.214. The van der Waals surface area contributed by atoms with E-state index in [0.717, 1.165) is 26.1 Å². The molecule has 1 atom stereocenters. The maximum Gasteiger partial charge on any atom is 0.315 e. The Morgan fingerprint density at radius 3 is 2.74 bits per heavy atom. The van der Waals surface area contributed by atoms with Crippen LogP contribution in [-0.4, -0.2) is 48.3 Å². The standard InChI is InChI=1S/C18H29N3O2/c1-14(2)17(8-12-22)20-18(23)19-9-11-21-10-7-15-5-3-4-6-16(15)13-21/h3-6,14,17,22H,7-13H2,1-2H3,(H2,19,20,23). The third-order valence-electron chi connectivity index (χ3n) is 4.48. The molecule has 2 amide bonds. The summed E-state index contributed by atoms with van der Waals surface area (Å²) in [4.78, 5) is 14.3. The Bertz CT molecular complexity index is 505. The van der Waals surface area contributed by atoms with E-state index in [4.69, 9.17) is 5.11 Å². The fraction of sp³-hybridized carbons (Fsp3) is 0.611. The smallest absolute Gasteiger partial charge is 0.315 e. The lowest BCUT2D eigenvalue weighted by Crippen LogP contribution is -2.47. The molecule has 0 radical (unpaired) electrons. The number of aliphatic hydroxyl groups is 1. The molecule has 1 aliphatic rings. The molecule has 1 aromatic carbocycles. The van der Waals surface area contributed by atoms with Crippen LogP contribution in [0.5, 0.6) is 0 Å². The monoisotopic (exact) mass is 319 g/mol. The van der Waals surface area contributed by atoms with Gasteiger partial charge < -0.3 is 15.7 Å². The lowest BCUT2D eigenvalue weighted by atomic mass is 10.00. The number of nitrogens with zero attached hydrogens (tertiary/aromatic N) is 1. The molecule has 0 aliphatic carbocycles. The molecular formula is C18H29N3O2. The first-order valence-electron chi connectivity index (χ1n) is 8.54. The van der Waals surface area contributed by atoms with E-state index in [0.29, 0.717) is 18.9 Å². The maximum absolute atomic E-state index is 12.0. The first-order chi connectivity index (χ1) is 11.1. The molecule has 0 aromatic heterocycles. The molecule has 1 unspecified atom stereocenters. The van der Waals surface area contributed by atoms with Gasteiger partial charge in [-0.3, -0.25) is 4.90 Å². The number of carbonyl (C=O) groups is 1. The van der Waals surface area contributed by atoms with Crippen LogP contribution in [0.15, 0.2) is 24.3 Å². The Hall–Kier alpha value is -1.59. The zero-order chi connectivity index (χ0) is 16.7. The minimum atomic E-state index is -0.144. The number of rotatable bonds is 7. The van der Waals surface area contributed by atoms with Crippen molar-refractivity contribution in [1.29, 1.82) is 0 Å². The van der Waals surface area contributed by atoms with E-state index in [9.17, 15) is 4.79 Å². The van der Waals surface area contributed by atoms with E-state index in [1.165, 1.54) is 11.1 Å². The predicted octanol–water partition coefficient (Wildman–Crippen LogP) is 1.75. The van der Waals surface area contributed by atoms with Gasteiger partial charge in [-0.15, -0.1) is 0 Å². The summed E-state index contributed by atoms with van der Waals surface area (Å²) in [5, 5.41) is 14.9. The average molecular weight is 319 g/mol. The molecule has 1 aliphatic heterocycles. The number of nitrogens with one attached hydrogen (secondary N) is 2.